The summed E-state index contributed by atoms with van der Waals surface area (Å²) in [4.78, 5) is 0. The van der Waals surface area contributed by atoms with E-state index in [-0.39, 0.29) is 15.8 Å². The molecule has 0 unspecified atom stereocenters. The summed E-state index contributed by atoms with van der Waals surface area (Å²) < 4.78 is 38.3. The van der Waals surface area contributed by atoms with Gasteiger partial charge in [-0.05, 0) is 48.8 Å². The second-order valence-electron chi connectivity index (χ2n) is 4.61. The van der Waals surface area contributed by atoms with Gasteiger partial charge in [-0.3, -0.25) is 0 Å². The third kappa shape index (κ3) is 4.74. The average molecular weight is 346 g/mol. The van der Waals surface area contributed by atoms with Gasteiger partial charge in [-0.25, -0.2) is 0 Å². The average Bonchev–Trinajstić information content (AvgIpc) is 2.47. The fourth-order valence-corrected chi connectivity index (χ4v) is 2.28. The van der Waals surface area contributed by atoms with Gasteiger partial charge in [-0.1, -0.05) is 29.8 Å². The first-order valence-corrected chi connectivity index (χ1v) is 7.25. The van der Waals surface area contributed by atoms with Crippen LogP contribution in [0.5, 0.6) is 0 Å². The highest BCUT2D eigenvalue weighted by atomic mass is 35.5. The van der Waals surface area contributed by atoms with Crippen molar-refractivity contribution in [3.63, 3.8) is 0 Å². The summed E-state index contributed by atoms with van der Waals surface area (Å²) in [6.45, 7) is 0.510. The van der Waals surface area contributed by atoms with Crippen LogP contribution in [0, 0.1) is 6.42 Å². The van der Waals surface area contributed by atoms with E-state index in [2.05, 4.69) is 10.6 Å². The summed E-state index contributed by atoms with van der Waals surface area (Å²) in [6.07, 6.45) is 4.31. The highest BCUT2D eigenvalue weighted by Gasteiger charge is 2.33. The van der Waals surface area contributed by atoms with E-state index in [0.717, 1.165) is 18.1 Å². The van der Waals surface area contributed by atoms with Crippen LogP contribution in [0.25, 0.3) is 0 Å². The molecule has 0 fully saturated rings. The number of hydrogen-bond acceptors (Lipinski definition) is 1. The largest absolute Gasteiger partial charge is 0.417 e. The van der Waals surface area contributed by atoms with Crippen LogP contribution in [0.15, 0.2) is 42.0 Å². The van der Waals surface area contributed by atoms with Crippen LogP contribution >= 0.6 is 23.8 Å². The van der Waals surface area contributed by atoms with Crippen molar-refractivity contribution in [1.29, 1.82) is 0 Å². The number of halogens is 4. The molecule has 22 heavy (non-hydrogen) atoms. The van der Waals surface area contributed by atoms with Crippen molar-refractivity contribution in [2.75, 3.05) is 11.9 Å². The first-order valence-electron chi connectivity index (χ1n) is 6.47. The predicted octanol–water partition coefficient (Wildman–Crippen LogP) is 4.74. The molecule has 1 aromatic carbocycles. The summed E-state index contributed by atoms with van der Waals surface area (Å²) in [5, 5.41) is 5.58. The topological polar surface area (TPSA) is 24.1 Å². The molecule has 1 aliphatic carbocycles. The van der Waals surface area contributed by atoms with E-state index in [4.69, 9.17) is 23.8 Å². The van der Waals surface area contributed by atoms with Crippen molar-refractivity contribution in [3.8, 4) is 0 Å². The Bertz CT molecular complexity index is 624. The van der Waals surface area contributed by atoms with E-state index in [0.29, 0.717) is 6.54 Å². The summed E-state index contributed by atoms with van der Waals surface area (Å²) in [5.41, 5.74) is 0.407. The molecule has 1 radical (unpaired) electrons. The molecule has 0 amide bonds. The molecule has 0 aromatic heterocycles. The van der Waals surface area contributed by atoms with Crippen molar-refractivity contribution in [2.24, 2.45) is 0 Å². The van der Waals surface area contributed by atoms with Crippen molar-refractivity contribution in [1.82, 2.24) is 5.32 Å². The van der Waals surface area contributed by atoms with Crippen LogP contribution < -0.4 is 10.6 Å². The Morgan fingerprint density at radius 1 is 1.32 bits per heavy atom. The minimum atomic E-state index is -4.50. The van der Waals surface area contributed by atoms with Gasteiger partial charge in [0, 0.05) is 12.2 Å². The first kappa shape index (κ1) is 16.8. The molecule has 2 rings (SSSR count). The summed E-state index contributed by atoms with van der Waals surface area (Å²) >= 11 is 10.6. The predicted molar refractivity (Wildman–Crippen MR) is 86.8 cm³/mol. The molecule has 7 heteroatoms. The SMILES string of the molecule is FC(F)(F)c1cc(NC(=S)NCC2=CC[CH]C=C2)ccc1Cl. The highest BCUT2D eigenvalue weighted by Crippen LogP contribution is 2.36. The minimum absolute atomic E-state index is 0.232. The maximum absolute atomic E-state index is 12.8. The van der Waals surface area contributed by atoms with Gasteiger partial charge in [0.1, 0.15) is 0 Å². The zero-order chi connectivity index (χ0) is 16.2. The smallest absolute Gasteiger partial charge is 0.358 e. The minimum Gasteiger partial charge on any atom is -0.358 e. The zero-order valence-electron chi connectivity index (χ0n) is 11.4. The Kier molecular flexibility index (Phi) is 5.47. The van der Waals surface area contributed by atoms with Gasteiger partial charge in [-0.2, -0.15) is 13.2 Å². The molecule has 0 atom stereocenters. The fourth-order valence-electron chi connectivity index (χ4n) is 1.87. The van der Waals surface area contributed by atoms with Crippen molar-refractivity contribution in [3.05, 3.63) is 59.0 Å². The molecular formula is C15H13ClF3N2S. The van der Waals surface area contributed by atoms with E-state index in [1.165, 1.54) is 12.1 Å². The van der Waals surface area contributed by atoms with E-state index in [9.17, 15) is 13.2 Å². The lowest BCUT2D eigenvalue weighted by atomic mass is 10.1. The molecule has 1 aliphatic rings. The summed E-state index contributed by atoms with van der Waals surface area (Å²) in [7, 11) is 0. The Hall–Kier alpha value is -1.53. The van der Waals surface area contributed by atoms with Gasteiger partial charge in [0.2, 0.25) is 0 Å². The maximum Gasteiger partial charge on any atom is 0.417 e. The Labute approximate surface area is 137 Å². The lowest BCUT2D eigenvalue weighted by Crippen LogP contribution is -2.30. The van der Waals surface area contributed by atoms with Crippen molar-refractivity contribution in [2.45, 2.75) is 12.6 Å². The summed E-state index contributed by atoms with van der Waals surface area (Å²) in [5.74, 6) is 0. The number of thiocarbonyl (C=S) groups is 1. The second kappa shape index (κ2) is 7.15. The van der Waals surface area contributed by atoms with E-state index in [1.807, 2.05) is 24.6 Å². The van der Waals surface area contributed by atoms with Gasteiger partial charge < -0.3 is 10.6 Å². The molecule has 0 aliphatic heterocycles. The van der Waals surface area contributed by atoms with Crippen molar-refractivity contribution >= 4 is 34.6 Å². The quantitative estimate of drug-likeness (QED) is 0.774. The van der Waals surface area contributed by atoms with Gasteiger partial charge in [0.05, 0.1) is 10.6 Å². The molecule has 0 saturated carbocycles. The van der Waals surface area contributed by atoms with E-state index < -0.39 is 11.7 Å². The van der Waals surface area contributed by atoms with Gasteiger partial charge >= 0.3 is 6.18 Å². The van der Waals surface area contributed by atoms with E-state index >= 15 is 0 Å². The number of anilines is 1. The Morgan fingerprint density at radius 2 is 2.09 bits per heavy atom. The van der Waals surface area contributed by atoms with Crippen LogP contribution in [-0.2, 0) is 6.18 Å². The lowest BCUT2D eigenvalue weighted by molar-refractivity contribution is -0.137. The number of allylic oxidation sites excluding steroid dienone is 2. The number of alkyl halides is 3. The standard InChI is InChI=1S/C15H13ClF3N2S/c16-13-7-6-11(8-12(13)15(17,18)19)21-14(22)20-9-10-4-2-1-3-5-10/h1-2,4-8H,3,9H2,(H2,20,21,22). The maximum atomic E-state index is 12.8. The molecule has 0 saturated heterocycles. The number of benzene rings is 1. The molecule has 2 nitrogen and oxygen atoms in total. The molecule has 0 bridgehead atoms. The molecule has 1 aromatic rings. The Morgan fingerprint density at radius 3 is 2.73 bits per heavy atom. The van der Waals surface area contributed by atoms with Crippen molar-refractivity contribution < 1.29 is 13.2 Å². The molecule has 0 heterocycles. The van der Waals surface area contributed by atoms with Crippen LogP contribution in [0.2, 0.25) is 5.02 Å². The number of hydrogen-bond donors (Lipinski definition) is 2. The third-order valence-electron chi connectivity index (χ3n) is 2.95. The van der Waals surface area contributed by atoms with Crippen LogP contribution in [0.3, 0.4) is 0 Å². The second-order valence-corrected chi connectivity index (χ2v) is 5.43. The monoisotopic (exact) mass is 345 g/mol. The van der Waals surface area contributed by atoms with Gasteiger partial charge in [-0.15, -0.1) is 0 Å². The number of nitrogens with one attached hydrogen (secondary N) is 2. The van der Waals surface area contributed by atoms with Crippen LogP contribution in [0.1, 0.15) is 12.0 Å². The first-order chi connectivity index (χ1) is 10.4. The fraction of sp³-hybridized carbons (Fsp3) is 0.200. The zero-order valence-corrected chi connectivity index (χ0v) is 12.9. The van der Waals surface area contributed by atoms with Gasteiger partial charge in [0.15, 0.2) is 5.11 Å². The van der Waals surface area contributed by atoms with E-state index in [1.54, 1.807) is 0 Å². The molecule has 0 spiro atoms. The molecule has 2 N–H and O–H groups in total. The normalized spacial score (nSPS) is 14.5. The molecule has 117 valence electrons. The van der Waals surface area contributed by atoms with Crippen LogP contribution in [-0.4, -0.2) is 11.7 Å². The molecular weight excluding hydrogens is 333 g/mol. The third-order valence-corrected chi connectivity index (χ3v) is 3.52. The summed E-state index contributed by atoms with van der Waals surface area (Å²) in [6, 6.07) is 3.57. The lowest BCUT2D eigenvalue weighted by Gasteiger charge is -2.14. The number of rotatable bonds is 3. The highest BCUT2D eigenvalue weighted by molar-refractivity contribution is 7.80. The van der Waals surface area contributed by atoms with Crippen LogP contribution in [0.4, 0.5) is 18.9 Å². The Balaban J connectivity index is 1.97. The van der Waals surface area contributed by atoms with Gasteiger partial charge in [0.25, 0.3) is 0 Å².